The number of hydrogen-bond acceptors (Lipinski definition) is 5. The first kappa shape index (κ1) is 13.5. The molecular formula is C16H24N4O2. The Balaban J connectivity index is 1.47. The Labute approximate surface area is 130 Å². The second-order valence-corrected chi connectivity index (χ2v) is 7.37. The average Bonchev–Trinajstić information content (AvgIpc) is 3.23. The molecule has 0 aromatic carbocycles. The number of nitrogens with one attached hydrogen (secondary N) is 1. The molecule has 22 heavy (non-hydrogen) atoms. The predicted octanol–water partition coefficient (Wildman–Crippen LogP) is 1.52. The highest BCUT2D eigenvalue weighted by Crippen LogP contribution is 2.43. The number of aryl methyl sites for hydroxylation is 1. The maximum absolute atomic E-state index is 5.83. The van der Waals surface area contributed by atoms with Crippen LogP contribution in [0.4, 0.5) is 0 Å². The molecule has 4 fully saturated rings. The summed E-state index contributed by atoms with van der Waals surface area (Å²) in [6.07, 6.45) is 6.13. The van der Waals surface area contributed by atoms with Crippen molar-refractivity contribution >= 4 is 0 Å². The largest absolute Gasteiger partial charge is 0.352 e. The van der Waals surface area contributed by atoms with Gasteiger partial charge in [-0.15, -0.1) is 10.2 Å². The van der Waals surface area contributed by atoms with Crippen molar-refractivity contribution in [2.45, 2.75) is 69.4 Å². The Morgan fingerprint density at radius 2 is 1.91 bits per heavy atom. The third kappa shape index (κ3) is 1.97. The summed E-state index contributed by atoms with van der Waals surface area (Å²) in [5, 5.41) is 12.7. The van der Waals surface area contributed by atoms with E-state index in [0.29, 0.717) is 30.0 Å². The number of ether oxygens (including phenoxy) is 2. The molecule has 5 heterocycles. The van der Waals surface area contributed by atoms with Crippen molar-refractivity contribution in [1.29, 1.82) is 0 Å². The van der Waals surface area contributed by atoms with Crippen LogP contribution in [0.3, 0.4) is 0 Å². The summed E-state index contributed by atoms with van der Waals surface area (Å²) in [6.45, 7) is 3.64. The van der Waals surface area contributed by atoms with Crippen LogP contribution in [0.2, 0.25) is 0 Å². The van der Waals surface area contributed by atoms with E-state index in [9.17, 15) is 0 Å². The summed E-state index contributed by atoms with van der Waals surface area (Å²) in [7, 11) is 0. The molecule has 4 aliphatic rings. The molecule has 1 aromatic heterocycles. The lowest BCUT2D eigenvalue weighted by Crippen LogP contribution is -2.39. The van der Waals surface area contributed by atoms with E-state index in [4.69, 9.17) is 9.47 Å². The second kappa shape index (κ2) is 5.01. The van der Waals surface area contributed by atoms with Crippen LogP contribution in [-0.4, -0.2) is 46.4 Å². The van der Waals surface area contributed by atoms with Gasteiger partial charge in [-0.1, -0.05) is 0 Å². The minimum atomic E-state index is -0.0142. The highest BCUT2D eigenvalue weighted by atomic mass is 16.7. The first-order chi connectivity index (χ1) is 10.8. The van der Waals surface area contributed by atoms with Crippen LogP contribution in [0.5, 0.6) is 0 Å². The quantitative estimate of drug-likeness (QED) is 0.897. The number of rotatable bonds is 2. The molecule has 120 valence electrons. The SMILES string of the molecule is Cc1nnc([C@H]2CO[C@H]3OCC[C@H]32)n1C1CC2CCC(C1)N2. The van der Waals surface area contributed by atoms with Gasteiger partial charge in [0.25, 0.3) is 0 Å². The molecule has 0 radical (unpaired) electrons. The average molecular weight is 304 g/mol. The summed E-state index contributed by atoms with van der Waals surface area (Å²) >= 11 is 0. The topological polar surface area (TPSA) is 61.2 Å². The van der Waals surface area contributed by atoms with Gasteiger partial charge in [0.1, 0.15) is 11.6 Å². The number of fused-ring (bicyclic) bond motifs is 3. The molecule has 1 aromatic rings. The molecule has 5 rings (SSSR count). The van der Waals surface area contributed by atoms with Crippen molar-refractivity contribution in [2.24, 2.45) is 5.92 Å². The highest BCUT2D eigenvalue weighted by molar-refractivity contribution is 5.10. The Morgan fingerprint density at radius 3 is 2.73 bits per heavy atom. The minimum Gasteiger partial charge on any atom is -0.352 e. The van der Waals surface area contributed by atoms with Crippen molar-refractivity contribution in [3.8, 4) is 0 Å². The Morgan fingerprint density at radius 1 is 1.09 bits per heavy atom. The molecular weight excluding hydrogens is 280 g/mol. The number of hydrogen-bond donors (Lipinski definition) is 1. The van der Waals surface area contributed by atoms with E-state index < -0.39 is 0 Å². The zero-order valence-electron chi connectivity index (χ0n) is 13.1. The van der Waals surface area contributed by atoms with Gasteiger partial charge in [-0.2, -0.15) is 0 Å². The molecule has 4 aliphatic heterocycles. The van der Waals surface area contributed by atoms with Gasteiger partial charge in [0.15, 0.2) is 6.29 Å². The Kier molecular flexibility index (Phi) is 3.06. The van der Waals surface area contributed by atoms with Crippen LogP contribution in [0, 0.1) is 12.8 Å². The molecule has 0 spiro atoms. The number of piperidine rings is 1. The van der Waals surface area contributed by atoms with Crippen molar-refractivity contribution < 1.29 is 9.47 Å². The smallest absolute Gasteiger partial charge is 0.161 e. The molecule has 0 saturated carbocycles. The van der Waals surface area contributed by atoms with Gasteiger partial charge in [-0.3, -0.25) is 0 Å². The number of aromatic nitrogens is 3. The lowest BCUT2D eigenvalue weighted by atomic mass is 9.91. The van der Waals surface area contributed by atoms with E-state index in [1.807, 2.05) is 0 Å². The van der Waals surface area contributed by atoms with Crippen LogP contribution >= 0.6 is 0 Å². The zero-order valence-corrected chi connectivity index (χ0v) is 13.1. The van der Waals surface area contributed by atoms with Gasteiger partial charge in [0, 0.05) is 24.0 Å². The summed E-state index contributed by atoms with van der Waals surface area (Å²) in [6, 6.07) is 1.91. The van der Waals surface area contributed by atoms with Crippen molar-refractivity contribution in [1.82, 2.24) is 20.1 Å². The van der Waals surface area contributed by atoms with Crippen LogP contribution in [0.25, 0.3) is 0 Å². The highest BCUT2D eigenvalue weighted by Gasteiger charge is 2.45. The van der Waals surface area contributed by atoms with E-state index in [1.165, 1.54) is 25.7 Å². The fourth-order valence-corrected chi connectivity index (χ4v) is 5.06. The Bertz CT molecular complexity index is 562. The third-order valence-electron chi connectivity index (χ3n) is 6.08. The summed E-state index contributed by atoms with van der Waals surface area (Å²) in [5.41, 5.74) is 0. The molecule has 1 N–H and O–H groups in total. The van der Waals surface area contributed by atoms with Crippen LogP contribution in [0.1, 0.15) is 55.7 Å². The standard InChI is InChI=1S/C16H24N4O2/c1-9-18-19-15(14-8-22-16-13(14)4-5-21-16)20(9)12-6-10-2-3-11(7-12)17-10/h10-14,16-17H,2-8H2,1H3/t10?,11?,12?,13-,14-,16+/m0/s1. The van der Waals surface area contributed by atoms with Crippen molar-refractivity contribution in [3.05, 3.63) is 11.6 Å². The first-order valence-electron chi connectivity index (χ1n) is 8.70. The Hall–Kier alpha value is -0.980. The van der Waals surface area contributed by atoms with E-state index in [1.54, 1.807) is 0 Å². The van der Waals surface area contributed by atoms with Gasteiger partial charge in [0.2, 0.25) is 0 Å². The van der Waals surface area contributed by atoms with Gasteiger partial charge < -0.3 is 19.4 Å². The second-order valence-electron chi connectivity index (χ2n) is 7.37. The third-order valence-corrected chi connectivity index (χ3v) is 6.08. The summed E-state index contributed by atoms with van der Waals surface area (Å²) < 4.78 is 13.9. The van der Waals surface area contributed by atoms with Gasteiger partial charge >= 0.3 is 0 Å². The lowest BCUT2D eigenvalue weighted by Gasteiger charge is -2.32. The molecule has 4 saturated heterocycles. The summed E-state index contributed by atoms with van der Waals surface area (Å²) in [5.74, 6) is 3.01. The minimum absolute atomic E-state index is 0.0142. The van der Waals surface area contributed by atoms with Crippen LogP contribution in [0.15, 0.2) is 0 Å². The van der Waals surface area contributed by atoms with E-state index in [0.717, 1.165) is 31.3 Å². The molecule has 0 aliphatic carbocycles. The van der Waals surface area contributed by atoms with Crippen LogP contribution in [-0.2, 0) is 9.47 Å². The molecule has 6 heteroatoms. The molecule has 2 bridgehead atoms. The van der Waals surface area contributed by atoms with Crippen molar-refractivity contribution in [2.75, 3.05) is 13.2 Å². The molecule has 6 nitrogen and oxygen atoms in total. The van der Waals surface area contributed by atoms with Crippen LogP contribution < -0.4 is 5.32 Å². The fraction of sp³-hybridized carbons (Fsp3) is 0.875. The van der Waals surface area contributed by atoms with E-state index in [-0.39, 0.29) is 6.29 Å². The van der Waals surface area contributed by atoms with Gasteiger partial charge in [-0.05, 0) is 39.0 Å². The van der Waals surface area contributed by atoms with Crippen molar-refractivity contribution in [3.63, 3.8) is 0 Å². The summed E-state index contributed by atoms with van der Waals surface area (Å²) in [4.78, 5) is 0. The van der Waals surface area contributed by atoms with Gasteiger partial charge in [0.05, 0.1) is 19.1 Å². The molecule has 5 atom stereocenters. The maximum atomic E-state index is 5.83. The lowest BCUT2D eigenvalue weighted by molar-refractivity contribution is -0.0905. The molecule has 0 amide bonds. The van der Waals surface area contributed by atoms with E-state index >= 15 is 0 Å². The predicted molar refractivity (Wildman–Crippen MR) is 79.5 cm³/mol. The fourth-order valence-electron chi connectivity index (χ4n) is 5.06. The normalized spacial score (nSPS) is 43.7. The monoisotopic (exact) mass is 304 g/mol. The maximum Gasteiger partial charge on any atom is 0.161 e. The van der Waals surface area contributed by atoms with Gasteiger partial charge in [-0.25, -0.2) is 0 Å². The molecule has 2 unspecified atom stereocenters. The zero-order chi connectivity index (χ0) is 14.7. The van der Waals surface area contributed by atoms with E-state index in [2.05, 4.69) is 27.0 Å². The number of nitrogens with zero attached hydrogens (tertiary/aromatic N) is 3. The first-order valence-corrected chi connectivity index (χ1v) is 8.70.